The first-order valence-electron chi connectivity index (χ1n) is 3.32. The zero-order valence-corrected chi connectivity index (χ0v) is 8.00. The highest BCUT2D eigenvalue weighted by atomic mass is 27.0. The van der Waals surface area contributed by atoms with Gasteiger partial charge in [-0.15, -0.1) is 0 Å². The van der Waals surface area contributed by atoms with Gasteiger partial charge in [0.05, 0.1) is 0 Å². The molecule has 0 N–H and O–H groups in total. The first kappa shape index (κ1) is 7.53. The van der Waals surface area contributed by atoms with E-state index in [1.54, 1.807) is 0 Å². The van der Waals surface area contributed by atoms with Crippen LogP contribution in [0.1, 0.15) is 5.56 Å². The largest absolute Gasteiger partial charge is 0.321 e. The summed E-state index contributed by atoms with van der Waals surface area (Å²) in [7, 11) is 0. The molecule has 0 saturated heterocycles. The van der Waals surface area contributed by atoms with Crippen molar-refractivity contribution < 1.29 is 4.79 Å². The van der Waals surface area contributed by atoms with E-state index in [9.17, 15) is 4.79 Å². The van der Waals surface area contributed by atoms with E-state index in [2.05, 4.69) is 0 Å². The lowest BCUT2D eigenvalue weighted by atomic mass is 10.2. The number of carbonyl (C=O) groups excluding carboxylic acids is 1. The van der Waals surface area contributed by atoms with Gasteiger partial charge in [-0.2, -0.15) is 0 Å². The number of rotatable bonds is 2. The highest BCUT2D eigenvalue weighted by molar-refractivity contribution is 6.57. The van der Waals surface area contributed by atoms with Crippen molar-refractivity contribution in [3.05, 3.63) is 35.9 Å². The molecule has 0 radical (unpaired) electrons. The molecule has 1 aromatic rings. The Kier molecular flexibility index (Phi) is 2.68. The third kappa shape index (κ3) is 2.35. The first-order chi connectivity index (χ1) is 4.79. The van der Waals surface area contributed by atoms with Crippen LogP contribution in [-0.2, 0) is 11.2 Å². The molecular weight excluding hydrogens is 139 g/mol. The van der Waals surface area contributed by atoms with E-state index in [0.717, 1.165) is 5.56 Å². The van der Waals surface area contributed by atoms with Gasteiger partial charge in [-0.1, -0.05) is 30.3 Å². The predicted molar refractivity (Wildman–Crippen MR) is 43.7 cm³/mol. The van der Waals surface area contributed by atoms with Gasteiger partial charge in [0, 0.05) is 11.1 Å². The Bertz CT molecular complexity index is 218. The SMILES string of the molecule is O=[C]([AlH2])Cc1ccccc1. The fraction of sp³-hybridized carbons (Fsp3) is 0.125. The van der Waals surface area contributed by atoms with Gasteiger partial charge >= 0.3 is 16.3 Å². The maximum Gasteiger partial charge on any atom is 0.319 e. The molecule has 1 nitrogen and oxygen atoms in total. The standard InChI is InChI=1S/C8H7O.Al.2H/c9-7-6-8-4-2-1-3-5-8;;;/h1-5H,6H2;;;. The van der Waals surface area contributed by atoms with E-state index in [0.29, 0.717) is 27.4 Å². The minimum absolute atomic E-state index is 0.353. The third-order valence-electron chi connectivity index (χ3n) is 1.30. The second-order valence-electron chi connectivity index (χ2n) is 2.36. The summed E-state index contributed by atoms with van der Waals surface area (Å²) in [6.45, 7) is 0. The molecule has 0 heterocycles. The Labute approximate surface area is 68.5 Å². The van der Waals surface area contributed by atoms with Crippen molar-refractivity contribution in [2.45, 2.75) is 6.42 Å². The molecule has 0 aliphatic rings. The molecule has 50 valence electrons. The molecule has 0 spiro atoms. The van der Waals surface area contributed by atoms with Gasteiger partial charge in [-0.05, 0) is 5.56 Å². The second-order valence-corrected chi connectivity index (χ2v) is 3.48. The lowest BCUT2D eigenvalue weighted by Crippen LogP contribution is -2.00. The van der Waals surface area contributed by atoms with Crippen molar-refractivity contribution in [3.8, 4) is 0 Å². The third-order valence-corrected chi connectivity index (χ3v) is 1.65. The molecule has 0 aromatic heterocycles. The number of benzene rings is 1. The quantitative estimate of drug-likeness (QED) is 0.554. The minimum Gasteiger partial charge on any atom is -0.321 e. The van der Waals surface area contributed by atoms with Crippen LogP contribution >= 0.6 is 0 Å². The van der Waals surface area contributed by atoms with Crippen molar-refractivity contribution in [3.63, 3.8) is 0 Å². The number of hydrogen-bond acceptors (Lipinski definition) is 1. The van der Waals surface area contributed by atoms with Gasteiger partial charge in [-0.3, -0.25) is 0 Å². The van der Waals surface area contributed by atoms with Crippen molar-refractivity contribution in [1.29, 1.82) is 0 Å². The summed E-state index contributed by atoms with van der Waals surface area (Å²) in [6.07, 6.45) is 0.618. The maximum absolute atomic E-state index is 10.7. The number of carbonyl (C=O) groups is 1. The summed E-state index contributed by atoms with van der Waals surface area (Å²) >= 11 is 0.665. The van der Waals surface area contributed by atoms with Crippen molar-refractivity contribution in [1.82, 2.24) is 0 Å². The Balaban J connectivity index is 2.67. The average molecular weight is 148 g/mol. The van der Waals surface area contributed by atoms with Crippen molar-refractivity contribution in [2.75, 3.05) is 0 Å². The zero-order valence-electron chi connectivity index (χ0n) is 6.00. The van der Waals surface area contributed by atoms with Gasteiger partial charge in [0.25, 0.3) is 0 Å². The first-order valence-corrected chi connectivity index (χ1v) is 4.32. The van der Waals surface area contributed by atoms with Crippen LogP contribution in [0.5, 0.6) is 0 Å². The molecule has 0 amide bonds. The Hall–Kier alpha value is -0.578. The highest BCUT2D eigenvalue weighted by Crippen LogP contribution is 1.98. The van der Waals surface area contributed by atoms with Crippen LogP contribution in [-0.4, -0.2) is 20.9 Å². The smallest absolute Gasteiger partial charge is 0.319 e. The number of hydrogen-bond donors (Lipinski definition) is 0. The Morgan fingerprint density at radius 1 is 1.30 bits per heavy atom. The van der Waals surface area contributed by atoms with Crippen molar-refractivity contribution in [2.24, 2.45) is 0 Å². The van der Waals surface area contributed by atoms with Gasteiger partial charge < -0.3 is 4.79 Å². The summed E-state index contributed by atoms with van der Waals surface area (Å²) in [5.41, 5.74) is 1.13. The van der Waals surface area contributed by atoms with Crippen LogP contribution in [0.25, 0.3) is 0 Å². The Morgan fingerprint density at radius 3 is 2.40 bits per heavy atom. The van der Waals surface area contributed by atoms with Crippen LogP contribution in [0, 0.1) is 0 Å². The van der Waals surface area contributed by atoms with E-state index in [1.165, 1.54) is 0 Å². The van der Waals surface area contributed by atoms with Gasteiger partial charge in [0.2, 0.25) is 0 Å². The molecule has 0 atom stereocenters. The van der Waals surface area contributed by atoms with Crippen LogP contribution < -0.4 is 0 Å². The molecular formula is C8H9AlO. The summed E-state index contributed by atoms with van der Waals surface area (Å²) < 4.78 is 0.353. The van der Waals surface area contributed by atoms with Crippen LogP contribution in [0.3, 0.4) is 0 Å². The summed E-state index contributed by atoms with van der Waals surface area (Å²) in [6, 6.07) is 9.84. The fourth-order valence-electron chi connectivity index (χ4n) is 0.883. The summed E-state index contributed by atoms with van der Waals surface area (Å²) in [4.78, 5) is 10.7. The molecule has 1 rings (SSSR count). The van der Waals surface area contributed by atoms with Crippen LogP contribution in [0.4, 0.5) is 0 Å². The summed E-state index contributed by atoms with van der Waals surface area (Å²) in [5.74, 6) is 0. The van der Waals surface area contributed by atoms with E-state index in [-0.39, 0.29) is 0 Å². The molecule has 0 fully saturated rings. The molecule has 0 bridgehead atoms. The van der Waals surface area contributed by atoms with Gasteiger partial charge in [-0.25, -0.2) is 0 Å². The van der Waals surface area contributed by atoms with E-state index in [1.807, 2.05) is 30.3 Å². The molecule has 0 saturated carbocycles. The van der Waals surface area contributed by atoms with Crippen LogP contribution in [0.15, 0.2) is 30.3 Å². The lowest BCUT2D eigenvalue weighted by molar-refractivity contribution is -0.111. The lowest BCUT2D eigenvalue weighted by Gasteiger charge is -1.94. The normalized spacial score (nSPS) is 9.20. The molecule has 0 aliphatic carbocycles. The predicted octanol–water partition coefficient (Wildman–Crippen LogP) is 0.389. The summed E-state index contributed by atoms with van der Waals surface area (Å²) in [5, 5.41) is 0. The van der Waals surface area contributed by atoms with E-state index >= 15 is 0 Å². The van der Waals surface area contributed by atoms with Gasteiger partial charge in [0.15, 0.2) is 0 Å². The van der Waals surface area contributed by atoms with Crippen molar-refractivity contribution >= 4 is 20.9 Å². The fourth-order valence-corrected chi connectivity index (χ4v) is 1.29. The molecule has 1 aromatic carbocycles. The van der Waals surface area contributed by atoms with E-state index < -0.39 is 0 Å². The monoisotopic (exact) mass is 148 g/mol. The van der Waals surface area contributed by atoms with Gasteiger partial charge in [0.1, 0.15) is 0 Å². The minimum atomic E-state index is 0.353. The molecule has 0 aliphatic heterocycles. The molecule has 10 heavy (non-hydrogen) atoms. The highest BCUT2D eigenvalue weighted by Gasteiger charge is 1.93. The zero-order chi connectivity index (χ0) is 7.40. The molecule has 0 unspecified atom stereocenters. The average Bonchev–Trinajstić information content (AvgIpc) is 1.88. The second kappa shape index (κ2) is 3.56. The van der Waals surface area contributed by atoms with E-state index in [4.69, 9.17) is 0 Å². The maximum atomic E-state index is 10.7. The Morgan fingerprint density at radius 2 is 1.90 bits per heavy atom. The topological polar surface area (TPSA) is 17.1 Å². The van der Waals surface area contributed by atoms with Crippen LogP contribution in [0.2, 0.25) is 0 Å². The molecule has 2 heteroatoms.